The van der Waals surface area contributed by atoms with Gasteiger partial charge in [0.25, 0.3) is 5.91 Å². The van der Waals surface area contributed by atoms with Crippen LogP contribution in [0.1, 0.15) is 106 Å². The van der Waals surface area contributed by atoms with Crippen molar-refractivity contribution in [2.75, 3.05) is 38.5 Å². The first-order chi connectivity index (χ1) is 22.0. The lowest BCUT2D eigenvalue weighted by Gasteiger charge is -2.36. The van der Waals surface area contributed by atoms with Gasteiger partial charge in [0.05, 0.1) is 17.5 Å². The lowest BCUT2D eigenvalue weighted by Crippen LogP contribution is -2.55. The minimum atomic E-state index is -0.857. The first kappa shape index (κ1) is 35.1. The van der Waals surface area contributed by atoms with Crippen molar-refractivity contribution in [3.63, 3.8) is 0 Å². The summed E-state index contributed by atoms with van der Waals surface area (Å²) in [5.41, 5.74) is 0.899. The van der Waals surface area contributed by atoms with Gasteiger partial charge in [-0.3, -0.25) is 19.2 Å². The zero-order valence-electron chi connectivity index (χ0n) is 27.9. The molecule has 2 fully saturated rings. The smallest absolute Gasteiger partial charge is 0.255 e. The number of piperazine rings is 1. The van der Waals surface area contributed by atoms with Crippen LogP contribution in [-0.2, 0) is 14.4 Å². The number of furan rings is 1. The summed E-state index contributed by atoms with van der Waals surface area (Å²) in [5, 5.41) is 8.53. The predicted octanol–water partition coefficient (Wildman–Crippen LogP) is 5.02. The summed E-state index contributed by atoms with van der Waals surface area (Å²) in [6, 6.07) is 4.36. The highest BCUT2D eigenvalue weighted by molar-refractivity contribution is 6.02. The van der Waals surface area contributed by atoms with Gasteiger partial charge in [-0.15, -0.1) is 0 Å². The molecular weight excluding hydrogens is 589 g/mol. The third-order valence-electron chi connectivity index (χ3n) is 9.40. The van der Waals surface area contributed by atoms with Gasteiger partial charge >= 0.3 is 0 Å². The van der Waals surface area contributed by atoms with Crippen LogP contribution < -0.4 is 16.0 Å². The molecule has 10 nitrogen and oxygen atoms in total. The summed E-state index contributed by atoms with van der Waals surface area (Å²) < 4.78 is 21.2. The summed E-state index contributed by atoms with van der Waals surface area (Å²) in [6.45, 7) is 9.96. The van der Waals surface area contributed by atoms with Gasteiger partial charge in [0.2, 0.25) is 17.7 Å². The second-order valence-corrected chi connectivity index (χ2v) is 13.1. The second-order valence-electron chi connectivity index (χ2n) is 13.1. The normalized spacial score (nSPS) is 18.4. The van der Waals surface area contributed by atoms with E-state index in [9.17, 15) is 19.2 Å². The molecule has 46 heavy (non-hydrogen) atoms. The van der Waals surface area contributed by atoms with Crippen LogP contribution in [0.3, 0.4) is 0 Å². The third-order valence-corrected chi connectivity index (χ3v) is 9.40. The number of carbonyl (C=O) groups excluding carboxylic acids is 4. The largest absolute Gasteiger partial charge is 0.468 e. The summed E-state index contributed by atoms with van der Waals surface area (Å²) in [6.07, 6.45) is 7.31. The van der Waals surface area contributed by atoms with E-state index in [1.54, 1.807) is 30.9 Å². The first-order valence-electron chi connectivity index (χ1n) is 16.7. The molecule has 11 heteroatoms. The van der Waals surface area contributed by atoms with E-state index in [0.29, 0.717) is 30.0 Å². The number of halogens is 1. The minimum Gasteiger partial charge on any atom is -0.468 e. The summed E-state index contributed by atoms with van der Waals surface area (Å²) >= 11 is 0. The maximum absolute atomic E-state index is 15.7. The molecule has 0 spiro atoms. The van der Waals surface area contributed by atoms with Gasteiger partial charge < -0.3 is 30.2 Å². The van der Waals surface area contributed by atoms with Crippen LogP contribution in [0.4, 0.5) is 10.1 Å². The van der Waals surface area contributed by atoms with E-state index >= 15 is 4.39 Å². The van der Waals surface area contributed by atoms with E-state index in [1.165, 1.54) is 18.4 Å². The predicted molar refractivity (Wildman–Crippen MR) is 175 cm³/mol. The van der Waals surface area contributed by atoms with Crippen LogP contribution >= 0.6 is 0 Å². The number of likely N-dealkylation sites (N-methyl/N-ethyl adjacent to an activating group) is 1. The molecule has 2 aliphatic rings. The van der Waals surface area contributed by atoms with E-state index in [4.69, 9.17) is 4.42 Å². The van der Waals surface area contributed by atoms with E-state index in [-0.39, 0.29) is 35.8 Å². The lowest BCUT2D eigenvalue weighted by atomic mass is 9.90. The Morgan fingerprint density at radius 3 is 2.24 bits per heavy atom. The minimum absolute atomic E-state index is 0.0114. The monoisotopic (exact) mass is 639 g/mol. The molecule has 1 aromatic carbocycles. The molecule has 0 radical (unpaired) electrons. The van der Waals surface area contributed by atoms with Gasteiger partial charge in [-0.05, 0) is 49.6 Å². The van der Waals surface area contributed by atoms with Crippen molar-refractivity contribution in [3.05, 3.63) is 53.2 Å². The van der Waals surface area contributed by atoms with E-state index < -0.39 is 35.6 Å². The van der Waals surface area contributed by atoms with Gasteiger partial charge in [-0.2, -0.15) is 0 Å². The molecule has 1 saturated carbocycles. The Morgan fingerprint density at radius 1 is 0.957 bits per heavy atom. The maximum Gasteiger partial charge on any atom is 0.255 e. The number of anilines is 1. The van der Waals surface area contributed by atoms with Crippen LogP contribution in [0.2, 0.25) is 0 Å². The van der Waals surface area contributed by atoms with Crippen molar-refractivity contribution in [1.82, 2.24) is 20.4 Å². The van der Waals surface area contributed by atoms with Gasteiger partial charge in [-0.1, -0.05) is 59.4 Å². The van der Waals surface area contributed by atoms with Crippen LogP contribution in [0, 0.1) is 11.7 Å². The molecule has 1 aliphatic heterocycles. The van der Waals surface area contributed by atoms with Crippen LogP contribution in [0.15, 0.2) is 34.9 Å². The number of hydrogen-bond donors (Lipinski definition) is 3. The summed E-state index contributed by atoms with van der Waals surface area (Å²) in [4.78, 5) is 57.0. The Balaban J connectivity index is 1.53. The topological polar surface area (TPSA) is 124 Å². The SMILES string of the molecule is CCC(=O)NC(C(=O)N1CCN(C)CC1)C(C)c1ccc(NC(=O)C(NC(=O)c2ccoc2C(C)C)C2CCCCCC2)c(F)c1. The number of nitrogens with zero attached hydrogens (tertiary/aromatic N) is 2. The van der Waals surface area contributed by atoms with E-state index in [0.717, 1.165) is 51.6 Å². The van der Waals surface area contributed by atoms with Crippen molar-refractivity contribution in [2.45, 2.75) is 96.6 Å². The molecule has 4 rings (SSSR count). The second kappa shape index (κ2) is 16.2. The molecule has 3 N–H and O–H groups in total. The van der Waals surface area contributed by atoms with Crippen molar-refractivity contribution in [1.29, 1.82) is 0 Å². The standard InChI is InChI=1S/C35H50FN5O5/c1-6-29(42)38-30(35(45)41-18-16-40(5)17-19-41)23(4)25-13-14-28(27(36)21-25)37-34(44)31(24-11-9-7-8-10-12-24)39-33(43)26-15-20-46-32(26)22(2)3/h13-15,20-24,30-31H,6-12,16-19H2,1-5H3,(H,37,44)(H,38,42)(H,39,43). The molecule has 4 amide bonds. The molecule has 1 aromatic heterocycles. The average molecular weight is 640 g/mol. The van der Waals surface area contributed by atoms with Crippen LogP contribution in [0.5, 0.6) is 0 Å². The molecule has 3 unspecified atom stereocenters. The first-order valence-corrected chi connectivity index (χ1v) is 16.7. The van der Waals surface area contributed by atoms with Crippen molar-refractivity contribution in [2.24, 2.45) is 5.92 Å². The van der Waals surface area contributed by atoms with E-state index in [1.807, 2.05) is 20.9 Å². The van der Waals surface area contributed by atoms with Crippen LogP contribution in [-0.4, -0.2) is 78.7 Å². The molecule has 1 aliphatic carbocycles. The molecule has 1 saturated heterocycles. The molecule has 252 valence electrons. The third kappa shape index (κ3) is 8.74. The fourth-order valence-electron chi connectivity index (χ4n) is 6.43. The Labute approximate surface area is 271 Å². The van der Waals surface area contributed by atoms with Crippen molar-refractivity contribution < 1.29 is 28.0 Å². The fourth-order valence-corrected chi connectivity index (χ4v) is 6.43. The molecule has 3 atom stereocenters. The average Bonchev–Trinajstić information content (AvgIpc) is 3.40. The summed E-state index contributed by atoms with van der Waals surface area (Å²) in [5.74, 6) is -2.06. The van der Waals surface area contributed by atoms with E-state index in [2.05, 4.69) is 20.9 Å². The maximum atomic E-state index is 15.7. The Kier molecular flexibility index (Phi) is 12.4. The Morgan fingerprint density at radius 2 is 1.63 bits per heavy atom. The quantitative estimate of drug-likeness (QED) is 0.297. The van der Waals surface area contributed by atoms with Gasteiger partial charge in [0, 0.05) is 44.4 Å². The lowest BCUT2D eigenvalue weighted by molar-refractivity contribution is -0.138. The van der Waals surface area contributed by atoms with Crippen molar-refractivity contribution in [3.8, 4) is 0 Å². The van der Waals surface area contributed by atoms with Crippen molar-refractivity contribution >= 4 is 29.3 Å². The number of amides is 4. The number of benzene rings is 1. The Hall–Kier alpha value is -3.73. The Bertz CT molecular complexity index is 1360. The highest BCUT2D eigenvalue weighted by atomic mass is 19.1. The number of rotatable bonds is 11. The highest BCUT2D eigenvalue weighted by Crippen LogP contribution is 2.29. The highest BCUT2D eigenvalue weighted by Gasteiger charge is 2.34. The molecule has 0 bridgehead atoms. The molecule has 2 heterocycles. The van der Waals surface area contributed by atoms with Gasteiger partial charge in [0.1, 0.15) is 23.7 Å². The number of hydrogen-bond acceptors (Lipinski definition) is 6. The number of carbonyl (C=O) groups is 4. The zero-order chi connectivity index (χ0) is 33.4. The summed E-state index contributed by atoms with van der Waals surface area (Å²) in [7, 11) is 2.00. The van der Waals surface area contributed by atoms with Gasteiger partial charge in [0.15, 0.2) is 0 Å². The zero-order valence-corrected chi connectivity index (χ0v) is 27.9. The molecular formula is C35H50FN5O5. The molecule has 2 aromatic rings. The number of nitrogens with one attached hydrogen (secondary N) is 3. The van der Waals surface area contributed by atoms with Crippen LogP contribution in [0.25, 0.3) is 0 Å². The van der Waals surface area contributed by atoms with Gasteiger partial charge in [-0.25, -0.2) is 4.39 Å². The fraction of sp³-hybridized carbons (Fsp3) is 0.600.